The molecule has 6 nitrogen and oxygen atoms in total. The molecule has 1 heterocycles. The van der Waals surface area contributed by atoms with Crippen LogP contribution in [0.25, 0.3) is 10.9 Å². The summed E-state index contributed by atoms with van der Waals surface area (Å²) in [6.07, 6.45) is 0. The van der Waals surface area contributed by atoms with Gasteiger partial charge in [0.25, 0.3) is 0 Å². The van der Waals surface area contributed by atoms with Crippen LogP contribution in [0.2, 0.25) is 5.15 Å². The normalized spacial score (nSPS) is 11.8. The Morgan fingerprint density at radius 3 is 2.71 bits per heavy atom. The molecule has 1 aromatic carbocycles. The van der Waals surface area contributed by atoms with Gasteiger partial charge < -0.3 is 4.74 Å². The van der Waals surface area contributed by atoms with E-state index in [1.807, 2.05) is 0 Å². The summed E-state index contributed by atoms with van der Waals surface area (Å²) in [4.78, 5) is 15.4. The maximum atomic E-state index is 12.4. The number of hydrogen-bond donors (Lipinski definition) is 0. The van der Waals surface area contributed by atoms with Gasteiger partial charge in [-0.15, -0.1) is 0 Å². The van der Waals surface area contributed by atoms with Crippen molar-refractivity contribution in [1.29, 1.82) is 0 Å². The Kier molecular flexibility index (Phi) is 4.46. The molecular weight excluding hydrogens is 316 g/mol. The van der Waals surface area contributed by atoms with E-state index in [1.54, 1.807) is 18.2 Å². The second-order valence-electron chi connectivity index (χ2n) is 4.33. The molecule has 0 bridgehead atoms. The molecule has 0 atom stereocenters. The van der Waals surface area contributed by atoms with Gasteiger partial charge in [-0.25, -0.2) is 13.4 Å². The molecule has 0 unspecified atom stereocenters. The molecule has 0 aliphatic carbocycles. The zero-order valence-corrected chi connectivity index (χ0v) is 13.0. The molecule has 0 saturated carbocycles. The smallest absolute Gasteiger partial charge is 0.321 e. The maximum absolute atomic E-state index is 12.4. The topological polar surface area (TPSA) is 76.6 Å². The van der Waals surface area contributed by atoms with Crippen LogP contribution >= 0.6 is 11.6 Å². The lowest BCUT2D eigenvalue weighted by Gasteiger charge is -2.16. The van der Waals surface area contributed by atoms with E-state index in [9.17, 15) is 13.2 Å². The molecule has 0 fully saturated rings. The summed E-state index contributed by atoms with van der Waals surface area (Å²) in [7, 11) is -1.26. The van der Waals surface area contributed by atoms with Gasteiger partial charge in [0.2, 0.25) is 10.0 Å². The van der Waals surface area contributed by atoms with Crippen LogP contribution in [0.3, 0.4) is 0 Å². The number of rotatable bonds is 4. The number of likely N-dealkylation sites (N-methyl/N-ethyl adjacent to an activating group) is 1. The van der Waals surface area contributed by atoms with E-state index >= 15 is 0 Å². The van der Waals surface area contributed by atoms with Crippen LogP contribution in [0.4, 0.5) is 0 Å². The van der Waals surface area contributed by atoms with Crippen LogP contribution in [0.15, 0.2) is 35.2 Å². The van der Waals surface area contributed by atoms with Crippen molar-refractivity contribution in [3.63, 3.8) is 0 Å². The fraction of sp³-hybridized carbons (Fsp3) is 0.231. The number of esters is 1. The minimum Gasteiger partial charge on any atom is -0.468 e. The molecule has 0 amide bonds. The average molecular weight is 329 g/mol. The Morgan fingerprint density at radius 2 is 2.05 bits per heavy atom. The molecule has 112 valence electrons. The van der Waals surface area contributed by atoms with Gasteiger partial charge in [0.05, 0.1) is 17.5 Å². The first kappa shape index (κ1) is 15.7. The lowest BCUT2D eigenvalue weighted by molar-refractivity contribution is -0.140. The highest BCUT2D eigenvalue weighted by atomic mass is 35.5. The third-order valence-electron chi connectivity index (χ3n) is 2.91. The first-order valence-corrected chi connectivity index (χ1v) is 7.76. The summed E-state index contributed by atoms with van der Waals surface area (Å²) in [6.45, 7) is -0.351. The van der Waals surface area contributed by atoms with E-state index < -0.39 is 16.0 Å². The van der Waals surface area contributed by atoms with E-state index in [2.05, 4.69) is 9.72 Å². The Bertz CT molecular complexity index is 792. The minimum absolute atomic E-state index is 0.0746. The lowest BCUT2D eigenvalue weighted by Crippen LogP contribution is -2.32. The quantitative estimate of drug-likeness (QED) is 0.630. The summed E-state index contributed by atoms with van der Waals surface area (Å²) in [5.74, 6) is -0.629. The van der Waals surface area contributed by atoms with Crippen LogP contribution in [0, 0.1) is 0 Å². The number of sulfonamides is 1. The second-order valence-corrected chi connectivity index (χ2v) is 6.76. The fourth-order valence-electron chi connectivity index (χ4n) is 1.75. The molecule has 0 saturated heterocycles. The molecular formula is C13H13ClN2O4S. The number of ether oxygens (including phenoxy) is 1. The third-order valence-corrected chi connectivity index (χ3v) is 4.92. The van der Waals surface area contributed by atoms with Crippen molar-refractivity contribution >= 4 is 38.5 Å². The van der Waals surface area contributed by atoms with Crippen LogP contribution < -0.4 is 0 Å². The number of halogens is 1. The highest BCUT2D eigenvalue weighted by Crippen LogP contribution is 2.21. The number of aromatic nitrogens is 1. The number of nitrogens with zero attached hydrogens (tertiary/aromatic N) is 2. The SMILES string of the molecule is COC(=O)CN(C)S(=O)(=O)c1ccc2nc(Cl)ccc2c1. The molecule has 2 aromatic rings. The molecule has 2 rings (SSSR count). The van der Waals surface area contributed by atoms with Gasteiger partial charge in [0, 0.05) is 12.4 Å². The molecule has 0 aliphatic heterocycles. The first-order valence-electron chi connectivity index (χ1n) is 5.94. The molecule has 0 spiro atoms. The predicted octanol–water partition coefficient (Wildman–Crippen LogP) is 1.68. The van der Waals surface area contributed by atoms with Gasteiger partial charge in [-0.05, 0) is 30.3 Å². The molecule has 8 heteroatoms. The van der Waals surface area contributed by atoms with Crippen molar-refractivity contribution in [3.05, 3.63) is 35.5 Å². The van der Waals surface area contributed by atoms with Gasteiger partial charge in [0.15, 0.2) is 0 Å². The monoisotopic (exact) mass is 328 g/mol. The third kappa shape index (κ3) is 3.31. The van der Waals surface area contributed by atoms with Crippen molar-refractivity contribution in [2.45, 2.75) is 4.90 Å². The second kappa shape index (κ2) is 5.97. The van der Waals surface area contributed by atoms with Gasteiger partial charge >= 0.3 is 5.97 Å². The van der Waals surface area contributed by atoms with Crippen LogP contribution in [-0.2, 0) is 19.6 Å². The zero-order valence-electron chi connectivity index (χ0n) is 11.4. The van der Waals surface area contributed by atoms with Crippen molar-refractivity contribution in [2.24, 2.45) is 0 Å². The number of carbonyl (C=O) groups excluding carboxylic acids is 1. The van der Waals surface area contributed by atoms with E-state index in [4.69, 9.17) is 11.6 Å². The first-order chi connectivity index (χ1) is 9.84. The lowest BCUT2D eigenvalue weighted by atomic mass is 10.2. The number of carbonyl (C=O) groups is 1. The highest BCUT2D eigenvalue weighted by molar-refractivity contribution is 7.89. The van der Waals surface area contributed by atoms with Crippen molar-refractivity contribution in [3.8, 4) is 0 Å². The average Bonchev–Trinajstić information content (AvgIpc) is 2.46. The van der Waals surface area contributed by atoms with Gasteiger partial charge in [-0.2, -0.15) is 4.31 Å². The van der Waals surface area contributed by atoms with Crippen molar-refractivity contribution < 1.29 is 17.9 Å². The van der Waals surface area contributed by atoms with Crippen molar-refractivity contribution in [1.82, 2.24) is 9.29 Å². The number of methoxy groups -OCH3 is 1. The largest absolute Gasteiger partial charge is 0.468 e. The maximum Gasteiger partial charge on any atom is 0.321 e. The van der Waals surface area contributed by atoms with E-state index in [1.165, 1.54) is 26.3 Å². The Hall–Kier alpha value is -1.70. The molecule has 1 aromatic heterocycles. The van der Waals surface area contributed by atoms with Gasteiger partial charge in [-0.3, -0.25) is 4.79 Å². The van der Waals surface area contributed by atoms with Gasteiger partial charge in [-0.1, -0.05) is 11.6 Å². The Morgan fingerprint density at radius 1 is 1.33 bits per heavy atom. The molecule has 0 radical (unpaired) electrons. The summed E-state index contributed by atoms with van der Waals surface area (Å²) < 4.78 is 30.1. The molecule has 0 N–H and O–H groups in total. The number of benzene rings is 1. The number of fused-ring (bicyclic) bond motifs is 1. The fourth-order valence-corrected chi connectivity index (χ4v) is 3.06. The predicted molar refractivity (Wildman–Crippen MR) is 78.6 cm³/mol. The summed E-state index contributed by atoms with van der Waals surface area (Å²) in [6, 6.07) is 7.75. The standard InChI is InChI=1S/C13H13ClN2O4S/c1-16(8-13(17)20-2)21(18,19)10-4-5-11-9(7-10)3-6-12(14)15-11/h3-7H,8H2,1-2H3. The Balaban J connectivity index is 2.40. The summed E-state index contributed by atoms with van der Waals surface area (Å²) in [5.41, 5.74) is 0.595. The van der Waals surface area contributed by atoms with Crippen molar-refractivity contribution in [2.75, 3.05) is 20.7 Å². The van der Waals surface area contributed by atoms with Crippen LogP contribution in [-0.4, -0.2) is 44.4 Å². The van der Waals surface area contributed by atoms with Gasteiger partial charge in [0.1, 0.15) is 11.7 Å². The summed E-state index contributed by atoms with van der Waals surface area (Å²) >= 11 is 5.78. The number of pyridine rings is 1. The summed E-state index contributed by atoms with van der Waals surface area (Å²) in [5, 5.41) is 0.979. The van der Waals surface area contributed by atoms with Crippen LogP contribution in [0.5, 0.6) is 0 Å². The highest BCUT2D eigenvalue weighted by Gasteiger charge is 2.23. The van der Waals surface area contributed by atoms with E-state index in [0.29, 0.717) is 16.1 Å². The minimum atomic E-state index is -3.77. The zero-order chi connectivity index (χ0) is 15.6. The molecule has 0 aliphatic rings. The number of hydrogen-bond acceptors (Lipinski definition) is 5. The van der Waals surface area contributed by atoms with E-state index in [-0.39, 0.29) is 11.4 Å². The van der Waals surface area contributed by atoms with E-state index in [0.717, 1.165) is 4.31 Å². The van der Waals surface area contributed by atoms with Crippen LogP contribution in [0.1, 0.15) is 0 Å². The Labute approximate surface area is 127 Å². The molecule has 21 heavy (non-hydrogen) atoms.